The minimum absolute atomic E-state index is 0.483. The Morgan fingerprint density at radius 3 is 3.00 bits per heavy atom. The zero-order chi connectivity index (χ0) is 8.97. The van der Waals surface area contributed by atoms with E-state index in [4.69, 9.17) is 11.6 Å². The van der Waals surface area contributed by atoms with Crippen molar-refractivity contribution in [1.82, 2.24) is 4.90 Å². The van der Waals surface area contributed by atoms with Crippen LogP contribution in [0.5, 0.6) is 0 Å². The molecule has 1 fully saturated rings. The van der Waals surface area contributed by atoms with Gasteiger partial charge in [0.2, 0.25) is 0 Å². The molecule has 2 atom stereocenters. The minimum Gasteiger partial charge on any atom is -0.300 e. The van der Waals surface area contributed by atoms with E-state index in [2.05, 4.69) is 11.8 Å². The van der Waals surface area contributed by atoms with E-state index in [0.29, 0.717) is 18.3 Å². The summed E-state index contributed by atoms with van der Waals surface area (Å²) in [6.45, 7) is 4.71. The van der Waals surface area contributed by atoms with Crippen LogP contribution >= 0.6 is 11.6 Å². The van der Waals surface area contributed by atoms with Gasteiger partial charge in [0.15, 0.2) is 0 Å². The van der Waals surface area contributed by atoms with Gasteiger partial charge >= 0.3 is 0 Å². The highest BCUT2D eigenvalue weighted by molar-refractivity contribution is 6.18. The van der Waals surface area contributed by atoms with Crippen molar-refractivity contribution in [1.29, 1.82) is 0 Å². The van der Waals surface area contributed by atoms with E-state index < -0.39 is 6.17 Å². The predicted molar refractivity (Wildman–Crippen MR) is 50.5 cm³/mol. The van der Waals surface area contributed by atoms with Gasteiger partial charge < -0.3 is 4.90 Å². The summed E-state index contributed by atoms with van der Waals surface area (Å²) in [6.07, 6.45) is 1.13. The van der Waals surface area contributed by atoms with E-state index >= 15 is 0 Å². The number of halogens is 2. The van der Waals surface area contributed by atoms with Crippen molar-refractivity contribution in [3.05, 3.63) is 0 Å². The highest BCUT2D eigenvalue weighted by atomic mass is 35.5. The number of nitrogens with zero attached hydrogens (tertiary/aromatic N) is 1. The van der Waals surface area contributed by atoms with Crippen LogP contribution in [0.4, 0.5) is 4.39 Å². The van der Waals surface area contributed by atoms with Gasteiger partial charge in [-0.1, -0.05) is 6.92 Å². The zero-order valence-corrected chi connectivity index (χ0v) is 8.36. The lowest BCUT2D eigenvalue weighted by Crippen LogP contribution is -2.39. The van der Waals surface area contributed by atoms with E-state index in [1.165, 1.54) is 0 Å². The van der Waals surface area contributed by atoms with Gasteiger partial charge in [0.05, 0.1) is 0 Å². The number of alkyl halides is 2. The summed E-state index contributed by atoms with van der Waals surface area (Å²) < 4.78 is 12.9. The van der Waals surface area contributed by atoms with Gasteiger partial charge in [0.25, 0.3) is 0 Å². The molecule has 1 rings (SSSR count). The molecule has 0 spiro atoms. The Morgan fingerprint density at radius 2 is 2.42 bits per heavy atom. The van der Waals surface area contributed by atoms with E-state index in [1.807, 2.05) is 0 Å². The molecule has 0 saturated carbocycles. The van der Waals surface area contributed by atoms with Gasteiger partial charge in [-0.25, -0.2) is 4.39 Å². The first kappa shape index (κ1) is 10.3. The first-order chi connectivity index (χ1) is 5.72. The van der Waals surface area contributed by atoms with E-state index in [0.717, 1.165) is 25.9 Å². The average molecular weight is 194 g/mol. The summed E-state index contributed by atoms with van der Waals surface area (Å²) >= 11 is 5.69. The van der Waals surface area contributed by atoms with Crippen LogP contribution < -0.4 is 0 Å². The Kier molecular flexibility index (Phi) is 4.30. The third kappa shape index (κ3) is 3.28. The van der Waals surface area contributed by atoms with Crippen LogP contribution in [0.2, 0.25) is 0 Å². The number of hydrogen-bond acceptors (Lipinski definition) is 1. The summed E-state index contributed by atoms with van der Waals surface area (Å²) in [5.74, 6) is 1.16. The molecule has 1 aliphatic rings. The average Bonchev–Trinajstić information content (AvgIpc) is 2.04. The molecular formula is C9H17ClFN. The normalized spacial score (nSPS) is 28.8. The number of rotatable bonds is 3. The zero-order valence-electron chi connectivity index (χ0n) is 7.60. The lowest BCUT2D eigenvalue weighted by atomic mass is 10.1. The van der Waals surface area contributed by atoms with Crippen LogP contribution in [-0.2, 0) is 0 Å². The first-order valence-corrected chi connectivity index (χ1v) is 5.18. The van der Waals surface area contributed by atoms with Crippen LogP contribution in [0.3, 0.4) is 0 Å². The molecule has 1 heterocycles. The molecular weight excluding hydrogens is 177 g/mol. The Hall–Kier alpha value is 0.180. The highest BCUT2D eigenvalue weighted by Crippen LogP contribution is 2.14. The Labute approximate surface area is 78.9 Å². The van der Waals surface area contributed by atoms with Crippen LogP contribution in [0.25, 0.3) is 0 Å². The lowest BCUT2D eigenvalue weighted by molar-refractivity contribution is 0.128. The van der Waals surface area contributed by atoms with Crippen LogP contribution in [0.15, 0.2) is 0 Å². The quantitative estimate of drug-likeness (QED) is 0.622. The SMILES string of the molecule is CC(CCl)CN1CCCC(F)C1. The second-order valence-corrected chi connectivity index (χ2v) is 4.07. The molecule has 2 unspecified atom stereocenters. The van der Waals surface area contributed by atoms with Crippen molar-refractivity contribution < 1.29 is 4.39 Å². The van der Waals surface area contributed by atoms with Gasteiger partial charge in [-0.05, 0) is 25.3 Å². The first-order valence-electron chi connectivity index (χ1n) is 4.64. The van der Waals surface area contributed by atoms with Gasteiger partial charge in [-0.15, -0.1) is 11.6 Å². The fraction of sp³-hybridized carbons (Fsp3) is 1.00. The van der Waals surface area contributed by atoms with Crippen molar-refractivity contribution in [3.8, 4) is 0 Å². The van der Waals surface area contributed by atoms with Crippen molar-refractivity contribution in [2.24, 2.45) is 5.92 Å². The molecule has 0 aliphatic carbocycles. The third-order valence-electron chi connectivity index (χ3n) is 2.28. The second-order valence-electron chi connectivity index (χ2n) is 3.76. The van der Waals surface area contributed by atoms with Crippen LogP contribution in [-0.4, -0.2) is 36.6 Å². The summed E-state index contributed by atoms with van der Waals surface area (Å²) in [7, 11) is 0. The molecule has 72 valence electrons. The molecule has 12 heavy (non-hydrogen) atoms. The van der Waals surface area contributed by atoms with Gasteiger partial charge in [-0.2, -0.15) is 0 Å². The Bertz CT molecular complexity index is 132. The Morgan fingerprint density at radius 1 is 1.67 bits per heavy atom. The fourth-order valence-electron chi connectivity index (χ4n) is 1.65. The van der Waals surface area contributed by atoms with Gasteiger partial charge in [0, 0.05) is 19.0 Å². The molecule has 0 N–H and O–H groups in total. The summed E-state index contributed by atoms with van der Waals surface area (Å²) in [4.78, 5) is 2.18. The second kappa shape index (κ2) is 5.03. The largest absolute Gasteiger partial charge is 0.300 e. The number of piperidine rings is 1. The molecule has 0 aromatic heterocycles. The van der Waals surface area contributed by atoms with Gasteiger partial charge in [0.1, 0.15) is 6.17 Å². The monoisotopic (exact) mass is 193 g/mol. The van der Waals surface area contributed by atoms with E-state index in [-0.39, 0.29) is 0 Å². The van der Waals surface area contributed by atoms with Gasteiger partial charge in [-0.3, -0.25) is 0 Å². The number of likely N-dealkylation sites (tertiary alicyclic amines) is 1. The smallest absolute Gasteiger partial charge is 0.113 e. The molecule has 3 heteroatoms. The standard InChI is InChI=1S/C9H17ClFN/c1-8(5-10)6-12-4-2-3-9(11)7-12/h8-9H,2-7H2,1H3. The molecule has 0 radical (unpaired) electrons. The van der Waals surface area contributed by atoms with Crippen LogP contribution in [0, 0.1) is 5.92 Å². The topological polar surface area (TPSA) is 3.24 Å². The minimum atomic E-state index is -0.610. The molecule has 0 amide bonds. The molecule has 0 bridgehead atoms. The third-order valence-corrected chi connectivity index (χ3v) is 2.81. The maximum Gasteiger partial charge on any atom is 0.113 e. The molecule has 1 nitrogen and oxygen atoms in total. The molecule has 0 aromatic rings. The maximum atomic E-state index is 12.9. The Balaban J connectivity index is 2.22. The van der Waals surface area contributed by atoms with E-state index in [9.17, 15) is 4.39 Å². The summed E-state index contributed by atoms with van der Waals surface area (Å²) in [5.41, 5.74) is 0. The summed E-state index contributed by atoms with van der Waals surface area (Å²) in [6, 6.07) is 0. The molecule has 1 aliphatic heterocycles. The van der Waals surface area contributed by atoms with Crippen molar-refractivity contribution >= 4 is 11.6 Å². The maximum absolute atomic E-state index is 12.9. The number of hydrogen-bond donors (Lipinski definition) is 0. The molecule has 0 aromatic carbocycles. The fourth-order valence-corrected chi connectivity index (χ4v) is 1.75. The van der Waals surface area contributed by atoms with Crippen molar-refractivity contribution in [2.45, 2.75) is 25.9 Å². The summed E-state index contributed by atoms with van der Waals surface area (Å²) in [5, 5.41) is 0. The van der Waals surface area contributed by atoms with E-state index in [1.54, 1.807) is 0 Å². The molecule has 1 saturated heterocycles. The highest BCUT2D eigenvalue weighted by Gasteiger charge is 2.19. The van der Waals surface area contributed by atoms with Crippen LogP contribution in [0.1, 0.15) is 19.8 Å². The van der Waals surface area contributed by atoms with Crippen molar-refractivity contribution in [2.75, 3.05) is 25.5 Å². The predicted octanol–water partition coefficient (Wildman–Crippen LogP) is 2.30. The lowest BCUT2D eigenvalue weighted by Gasteiger charge is -2.30. The van der Waals surface area contributed by atoms with Crippen molar-refractivity contribution in [3.63, 3.8) is 0 Å².